The molecule has 56 heavy (non-hydrogen) atoms. The summed E-state index contributed by atoms with van der Waals surface area (Å²) in [5, 5.41) is 10.9. The summed E-state index contributed by atoms with van der Waals surface area (Å²) in [5.41, 5.74) is 1.26. The lowest BCUT2D eigenvalue weighted by atomic mass is 10.0. The smallest absolute Gasteiger partial charge is 0.407 e. The first kappa shape index (κ1) is 47.3. The molecule has 1 atom stereocenters. The number of methoxy groups -OCH3 is 1. The molecule has 4 amide bonds. The van der Waals surface area contributed by atoms with Crippen LogP contribution in [0.25, 0.3) is 0 Å². The summed E-state index contributed by atoms with van der Waals surface area (Å²) in [6, 6.07) is 16.4. The van der Waals surface area contributed by atoms with Crippen molar-refractivity contribution in [2.24, 2.45) is 0 Å². The van der Waals surface area contributed by atoms with Gasteiger partial charge in [-0.25, -0.2) is 14.4 Å². The van der Waals surface area contributed by atoms with Crippen molar-refractivity contribution in [3.63, 3.8) is 0 Å². The molecule has 15 nitrogen and oxygen atoms in total. The quantitative estimate of drug-likeness (QED) is 0.0355. The first-order valence-corrected chi connectivity index (χ1v) is 19.7. The number of ketones is 1. The summed E-state index contributed by atoms with van der Waals surface area (Å²) in [6.45, 7) is 7.10. The summed E-state index contributed by atoms with van der Waals surface area (Å²) in [4.78, 5) is 59.3. The van der Waals surface area contributed by atoms with Crippen molar-refractivity contribution in [1.29, 1.82) is 0 Å². The van der Waals surface area contributed by atoms with Gasteiger partial charge in [-0.05, 0) is 49.9 Å². The fourth-order valence-corrected chi connectivity index (χ4v) is 5.57. The molecule has 0 aliphatic rings. The maximum atomic E-state index is 12.6. The fraction of sp³-hybridized carbons (Fsp3) is 0.585. The molecule has 0 aromatic heterocycles. The molecule has 2 aromatic carbocycles. The Hall–Kier alpha value is -4.89. The number of nitrogens with zero attached hydrogens (tertiary/aromatic N) is 1. The van der Waals surface area contributed by atoms with Gasteiger partial charge in [0.05, 0.1) is 26.8 Å². The number of quaternary nitrogens is 1. The van der Waals surface area contributed by atoms with E-state index >= 15 is 0 Å². The van der Waals surface area contributed by atoms with E-state index in [1.165, 1.54) is 6.92 Å². The zero-order valence-electron chi connectivity index (χ0n) is 33.6. The van der Waals surface area contributed by atoms with Crippen LogP contribution in [0.3, 0.4) is 0 Å². The lowest BCUT2D eigenvalue weighted by Crippen LogP contribution is -2.49. The Bertz CT molecular complexity index is 1410. The largest absolute Gasteiger partial charge is 0.493 e. The van der Waals surface area contributed by atoms with Crippen LogP contribution in [0, 0.1) is 0 Å². The van der Waals surface area contributed by atoms with E-state index in [4.69, 9.17) is 23.7 Å². The van der Waals surface area contributed by atoms with Crippen LogP contribution in [0.1, 0.15) is 80.6 Å². The normalized spacial score (nSPS) is 11.8. The molecule has 15 heteroatoms. The number of carbonyl (C=O) groups excluding carboxylic acids is 5. The molecule has 0 aliphatic carbocycles. The topological polar surface area (TPSA) is 180 Å². The molecular formula is C41H64N5O10+. The Balaban J connectivity index is 1.45. The third-order valence-corrected chi connectivity index (χ3v) is 8.90. The molecule has 4 N–H and O–H groups in total. The molecule has 0 spiro atoms. The second-order valence-corrected chi connectivity index (χ2v) is 13.7. The summed E-state index contributed by atoms with van der Waals surface area (Å²) < 4.78 is 27.4. The second-order valence-electron chi connectivity index (χ2n) is 13.7. The highest BCUT2D eigenvalue weighted by Crippen LogP contribution is 2.16. The maximum absolute atomic E-state index is 12.6. The summed E-state index contributed by atoms with van der Waals surface area (Å²) >= 11 is 0. The van der Waals surface area contributed by atoms with Crippen LogP contribution in [0.15, 0.2) is 54.6 Å². The molecule has 1 unspecified atom stereocenters. The summed E-state index contributed by atoms with van der Waals surface area (Å²) in [5.74, 6) is 0.647. The Morgan fingerprint density at radius 3 is 1.48 bits per heavy atom. The predicted molar refractivity (Wildman–Crippen MR) is 213 cm³/mol. The lowest BCUT2D eigenvalue weighted by molar-refractivity contribution is -0.910. The van der Waals surface area contributed by atoms with E-state index in [1.54, 1.807) is 31.4 Å². The van der Waals surface area contributed by atoms with Crippen molar-refractivity contribution in [2.75, 3.05) is 93.0 Å². The number of nitrogens with one attached hydrogen (secondary N) is 4. The first-order chi connectivity index (χ1) is 27.1. The molecule has 2 aromatic rings. The molecule has 0 saturated carbocycles. The average molecular weight is 787 g/mol. The number of likely N-dealkylation sites (N-methyl/N-ethyl adjacent to an activating group) is 1. The Morgan fingerprint density at radius 2 is 0.982 bits per heavy atom. The standard InChI is InChI=1S/C41H63N5O10/c1-34(47)42-22-11-4-5-12-24-44-40(50)55-32-33-56-41(51)45-25-14-7-6-13-23-43-39(49)54-31-28-46(2,27-30-52-3)26-15-29-53-37-20-18-36(19-21-37)38(48)35-16-9-8-10-17-35/h8-10,16-21H,4-7,11-15,22-33H2,1-3H3,(H3-,42,43,44,45,47,49,50,51)/p+1. The van der Waals surface area contributed by atoms with Crippen LogP contribution in [-0.2, 0) is 23.7 Å². The van der Waals surface area contributed by atoms with Crippen molar-refractivity contribution in [2.45, 2.75) is 64.7 Å². The Labute approximate surface area is 332 Å². The third kappa shape index (κ3) is 23.1. The highest BCUT2D eigenvalue weighted by molar-refractivity contribution is 6.09. The van der Waals surface area contributed by atoms with Gasteiger partial charge < -0.3 is 49.4 Å². The van der Waals surface area contributed by atoms with E-state index < -0.39 is 18.3 Å². The number of benzene rings is 2. The van der Waals surface area contributed by atoms with E-state index in [2.05, 4.69) is 28.3 Å². The van der Waals surface area contributed by atoms with E-state index in [1.807, 2.05) is 30.3 Å². The van der Waals surface area contributed by atoms with E-state index in [-0.39, 0.29) is 31.5 Å². The number of rotatable bonds is 30. The number of alkyl carbamates (subject to hydrolysis) is 3. The minimum absolute atomic E-state index is 0.0253. The minimum Gasteiger partial charge on any atom is -0.493 e. The van der Waals surface area contributed by atoms with Crippen molar-refractivity contribution in [1.82, 2.24) is 21.3 Å². The van der Waals surface area contributed by atoms with Gasteiger partial charge in [-0.3, -0.25) is 9.59 Å². The van der Waals surface area contributed by atoms with Crippen LogP contribution < -0.4 is 26.0 Å². The zero-order chi connectivity index (χ0) is 40.7. The maximum Gasteiger partial charge on any atom is 0.407 e. The number of unbranched alkanes of at least 4 members (excludes halogenated alkanes) is 6. The zero-order valence-corrected chi connectivity index (χ0v) is 33.6. The predicted octanol–water partition coefficient (Wildman–Crippen LogP) is 5.22. The average Bonchev–Trinajstić information content (AvgIpc) is 3.19. The molecule has 0 fully saturated rings. The molecule has 312 valence electrons. The van der Waals surface area contributed by atoms with Gasteiger partial charge in [-0.1, -0.05) is 56.0 Å². The molecule has 0 bridgehead atoms. The highest BCUT2D eigenvalue weighted by atomic mass is 16.6. The number of amides is 4. The summed E-state index contributed by atoms with van der Waals surface area (Å²) in [7, 11) is 3.78. The van der Waals surface area contributed by atoms with Crippen LogP contribution in [0.2, 0.25) is 0 Å². The van der Waals surface area contributed by atoms with E-state index in [0.717, 1.165) is 70.9 Å². The van der Waals surface area contributed by atoms with Crippen molar-refractivity contribution in [3.05, 3.63) is 65.7 Å². The lowest BCUT2D eigenvalue weighted by Gasteiger charge is -2.34. The summed E-state index contributed by atoms with van der Waals surface area (Å²) in [6.07, 6.45) is 6.12. The van der Waals surface area contributed by atoms with Crippen LogP contribution >= 0.6 is 0 Å². The van der Waals surface area contributed by atoms with Crippen LogP contribution in [0.4, 0.5) is 14.4 Å². The van der Waals surface area contributed by atoms with Crippen LogP contribution in [-0.4, -0.2) is 127 Å². The van der Waals surface area contributed by atoms with Crippen molar-refractivity contribution >= 4 is 30.0 Å². The van der Waals surface area contributed by atoms with Gasteiger partial charge >= 0.3 is 18.3 Å². The molecule has 0 aliphatic heterocycles. The molecular weight excluding hydrogens is 722 g/mol. The molecule has 0 saturated heterocycles. The van der Waals surface area contributed by atoms with Crippen molar-refractivity contribution < 1.29 is 52.1 Å². The highest BCUT2D eigenvalue weighted by Gasteiger charge is 2.22. The Kier molecular flexibility index (Phi) is 24.8. The monoisotopic (exact) mass is 786 g/mol. The van der Waals surface area contributed by atoms with Gasteiger partial charge in [0, 0.05) is 57.8 Å². The fourth-order valence-electron chi connectivity index (χ4n) is 5.57. The van der Waals surface area contributed by atoms with E-state index in [0.29, 0.717) is 67.3 Å². The van der Waals surface area contributed by atoms with Crippen molar-refractivity contribution in [3.8, 4) is 5.75 Å². The first-order valence-electron chi connectivity index (χ1n) is 19.7. The molecule has 2 rings (SSSR count). The van der Waals surface area contributed by atoms with Crippen LogP contribution in [0.5, 0.6) is 5.75 Å². The molecule has 0 radical (unpaired) electrons. The number of hydrogen-bond acceptors (Lipinski definition) is 10. The van der Waals surface area contributed by atoms with Gasteiger partial charge in [0.15, 0.2) is 5.78 Å². The number of ether oxygens (including phenoxy) is 5. The third-order valence-electron chi connectivity index (χ3n) is 8.90. The van der Waals surface area contributed by atoms with Gasteiger partial charge in [-0.15, -0.1) is 0 Å². The van der Waals surface area contributed by atoms with Gasteiger partial charge in [0.2, 0.25) is 5.91 Å². The Morgan fingerprint density at radius 1 is 0.518 bits per heavy atom. The van der Waals surface area contributed by atoms with Gasteiger partial charge in [0.25, 0.3) is 0 Å². The minimum atomic E-state index is -0.567. The van der Waals surface area contributed by atoms with Gasteiger partial charge in [0.1, 0.15) is 38.7 Å². The SMILES string of the molecule is COCC[N+](C)(CCCOc1ccc(C(=O)c2ccccc2)cc1)CCOC(=O)NCCCCCCNC(=O)OCCOC(=O)NCCCCCCNC(C)=O. The number of carbonyl (C=O) groups is 5. The van der Waals surface area contributed by atoms with E-state index in [9.17, 15) is 24.0 Å². The second kappa shape index (κ2) is 29.4. The van der Waals surface area contributed by atoms with Gasteiger partial charge in [-0.2, -0.15) is 0 Å². The molecule has 0 heterocycles. The number of hydrogen-bond donors (Lipinski definition) is 4.